The number of benzene rings is 2. The molecule has 0 aliphatic carbocycles. The van der Waals surface area contributed by atoms with E-state index in [0.29, 0.717) is 35.7 Å². The van der Waals surface area contributed by atoms with Crippen molar-refractivity contribution in [3.8, 4) is 11.5 Å². The first kappa shape index (κ1) is 19.6. The van der Waals surface area contributed by atoms with Crippen LogP contribution >= 0.6 is 23.2 Å². The molecule has 0 saturated carbocycles. The van der Waals surface area contributed by atoms with Crippen LogP contribution in [0.5, 0.6) is 11.5 Å². The number of carbonyl (C=O) groups is 1. The second-order valence-electron chi connectivity index (χ2n) is 6.54. The van der Waals surface area contributed by atoms with Crippen molar-refractivity contribution >= 4 is 29.3 Å². The van der Waals surface area contributed by atoms with Gasteiger partial charge in [-0.25, -0.2) is 4.79 Å². The van der Waals surface area contributed by atoms with E-state index in [1.165, 1.54) is 0 Å². The van der Waals surface area contributed by atoms with Crippen LogP contribution in [0.1, 0.15) is 18.4 Å². The molecule has 27 heavy (non-hydrogen) atoms. The van der Waals surface area contributed by atoms with Gasteiger partial charge in [0.15, 0.2) is 0 Å². The Morgan fingerprint density at radius 3 is 2.44 bits per heavy atom. The van der Waals surface area contributed by atoms with Crippen LogP contribution < -0.4 is 4.74 Å². The molecular formula is C20H21Cl2NO4. The maximum atomic E-state index is 12.2. The van der Waals surface area contributed by atoms with E-state index in [0.717, 1.165) is 24.2 Å². The van der Waals surface area contributed by atoms with Crippen molar-refractivity contribution < 1.29 is 19.4 Å². The smallest absolute Gasteiger partial charge is 0.410 e. The van der Waals surface area contributed by atoms with Gasteiger partial charge in [0.05, 0.1) is 16.7 Å². The summed E-state index contributed by atoms with van der Waals surface area (Å²) in [5.74, 6) is 1.34. The van der Waals surface area contributed by atoms with E-state index in [2.05, 4.69) is 0 Å². The molecular weight excluding hydrogens is 389 g/mol. The predicted molar refractivity (Wildman–Crippen MR) is 105 cm³/mol. The maximum Gasteiger partial charge on any atom is 0.410 e. The quantitative estimate of drug-likeness (QED) is 0.743. The zero-order chi connectivity index (χ0) is 19.2. The molecule has 1 N–H and O–H groups in total. The number of rotatable bonds is 5. The van der Waals surface area contributed by atoms with Crippen LogP contribution in [0.2, 0.25) is 10.0 Å². The van der Waals surface area contributed by atoms with Crippen molar-refractivity contribution in [2.75, 3.05) is 19.7 Å². The summed E-state index contributed by atoms with van der Waals surface area (Å²) < 4.78 is 11.1. The van der Waals surface area contributed by atoms with E-state index in [1.54, 1.807) is 47.4 Å². The molecule has 7 heteroatoms. The van der Waals surface area contributed by atoms with Crippen molar-refractivity contribution in [2.24, 2.45) is 5.92 Å². The average Bonchev–Trinajstić information content (AvgIpc) is 2.68. The van der Waals surface area contributed by atoms with Crippen LogP contribution in [0, 0.1) is 5.92 Å². The first-order valence-corrected chi connectivity index (χ1v) is 9.54. The predicted octanol–water partition coefficient (Wildman–Crippen LogP) is 5.13. The molecule has 3 rings (SSSR count). The Hall–Kier alpha value is -2.11. The number of carbonyl (C=O) groups excluding carboxylic acids is 1. The zero-order valence-electron chi connectivity index (χ0n) is 14.7. The maximum absolute atomic E-state index is 12.2. The van der Waals surface area contributed by atoms with Gasteiger partial charge in [-0.15, -0.1) is 0 Å². The number of phenolic OH excluding ortho intramolecular Hbond substituents is 1. The highest BCUT2D eigenvalue weighted by molar-refractivity contribution is 6.42. The number of phenols is 1. The number of piperidine rings is 1. The fourth-order valence-electron chi connectivity index (χ4n) is 2.90. The molecule has 1 aliphatic rings. The lowest BCUT2D eigenvalue weighted by Gasteiger charge is -2.31. The van der Waals surface area contributed by atoms with Crippen LogP contribution in [0.4, 0.5) is 4.79 Å². The van der Waals surface area contributed by atoms with Gasteiger partial charge in [0.2, 0.25) is 0 Å². The number of hydrogen-bond acceptors (Lipinski definition) is 4. The largest absolute Gasteiger partial charge is 0.508 e. The summed E-state index contributed by atoms with van der Waals surface area (Å²) >= 11 is 11.8. The number of ether oxygens (including phenoxy) is 2. The molecule has 1 aliphatic heterocycles. The molecule has 0 spiro atoms. The summed E-state index contributed by atoms with van der Waals surface area (Å²) in [5.41, 5.74) is 0.801. The van der Waals surface area contributed by atoms with Gasteiger partial charge in [0, 0.05) is 13.1 Å². The van der Waals surface area contributed by atoms with Crippen LogP contribution in [-0.2, 0) is 11.3 Å². The third-order valence-corrected chi connectivity index (χ3v) is 5.28. The fraction of sp³-hybridized carbons (Fsp3) is 0.350. The summed E-state index contributed by atoms with van der Waals surface area (Å²) in [4.78, 5) is 13.9. The first-order valence-electron chi connectivity index (χ1n) is 8.79. The van der Waals surface area contributed by atoms with Crippen LogP contribution in [0.15, 0.2) is 42.5 Å². The van der Waals surface area contributed by atoms with E-state index in [1.807, 2.05) is 0 Å². The van der Waals surface area contributed by atoms with Gasteiger partial charge >= 0.3 is 6.09 Å². The third-order valence-electron chi connectivity index (χ3n) is 4.54. The molecule has 0 unspecified atom stereocenters. The summed E-state index contributed by atoms with van der Waals surface area (Å²) in [6.45, 7) is 2.05. The molecule has 0 aromatic heterocycles. The molecule has 1 fully saturated rings. The minimum atomic E-state index is -0.320. The van der Waals surface area contributed by atoms with Gasteiger partial charge in [0.1, 0.15) is 18.1 Å². The molecule has 0 atom stereocenters. The lowest BCUT2D eigenvalue weighted by Crippen LogP contribution is -2.39. The third kappa shape index (κ3) is 5.68. The van der Waals surface area contributed by atoms with Gasteiger partial charge in [-0.05, 0) is 60.7 Å². The summed E-state index contributed by atoms with van der Waals surface area (Å²) in [6.07, 6.45) is 1.40. The molecule has 2 aromatic carbocycles. The van der Waals surface area contributed by atoms with Crippen molar-refractivity contribution in [3.63, 3.8) is 0 Å². The molecule has 0 radical (unpaired) electrons. The number of amides is 1. The van der Waals surface area contributed by atoms with Crippen LogP contribution in [-0.4, -0.2) is 35.8 Å². The molecule has 5 nitrogen and oxygen atoms in total. The lowest BCUT2D eigenvalue weighted by molar-refractivity contribution is 0.0761. The van der Waals surface area contributed by atoms with E-state index in [4.69, 9.17) is 32.7 Å². The second-order valence-corrected chi connectivity index (χ2v) is 7.35. The van der Waals surface area contributed by atoms with Crippen molar-refractivity contribution in [3.05, 3.63) is 58.1 Å². The van der Waals surface area contributed by atoms with Gasteiger partial charge < -0.3 is 19.5 Å². The number of likely N-dealkylation sites (tertiary alicyclic amines) is 1. The van der Waals surface area contributed by atoms with Gasteiger partial charge in [-0.1, -0.05) is 29.3 Å². The number of halogens is 2. The number of nitrogens with zero attached hydrogens (tertiary/aromatic N) is 1. The topological polar surface area (TPSA) is 59.0 Å². The SMILES string of the molecule is O=C(OCc1ccc(Cl)c(Cl)c1)N1CCC(COc2ccc(O)cc2)CC1. The Bertz CT molecular complexity index is 774. The molecule has 1 saturated heterocycles. The molecule has 1 heterocycles. The molecule has 1 amide bonds. The lowest BCUT2D eigenvalue weighted by atomic mass is 9.98. The van der Waals surface area contributed by atoms with Gasteiger partial charge in [-0.2, -0.15) is 0 Å². The standard InChI is InChI=1S/C20H21Cl2NO4/c21-18-6-1-15(11-19(18)22)13-27-20(25)23-9-7-14(8-10-23)12-26-17-4-2-16(24)3-5-17/h1-6,11,14,24H,7-10,12-13H2. The molecule has 144 valence electrons. The Labute approximate surface area is 168 Å². The Kier molecular flexibility index (Phi) is 6.69. The van der Waals surface area contributed by atoms with Gasteiger partial charge in [-0.3, -0.25) is 0 Å². The Balaban J connectivity index is 1.39. The highest BCUT2D eigenvalue weighted by atomic mass is 35.5. The molecule has 2 aromatic rings. The summed E-state index contributed by atoms with van der Waals surface area (Å²) in [7, 11) is 0. The van der Waals surface area contributed by atoms with Gasteiger partial charge in [0.25, 0.3) is 0 Å². The highest BCUT2D eigenvalue weighted by Gasteiger charge is 2.24. The van der Waals surface area contributed by atoms with E-state index in [9.17, 15) is 9.90 Å². The van der Waals surface area contributed by atoms with E-state index in [-0.39, 0.29) is 18.4 Å². The van der Waals surface area contributed by atoms with Crippen LogP contribution in [0.25, 0.3) is 0 Å². The van der Waals surface area contributed by atoms with E-state index >= 15 is 0 Å². The monoisotopic (exact) mass is 409 g/mol. The molecule has 0 bridgehead atoms. The second kappa shape index (κ2) is 9.20. The summed E-state index contributed by atoms with van der Waals surface area (Å²) in [5, 5.41) is 10.2. The minimum absolute atomic E-state index is 0.166. The normalized spacial score (nSPS) is 14.8. The van der Waals surface area contributed by atoms with Crippen LogP contribution in [0.3, 0.4) is 0 Å². The van der Waals surface area contributed by atoms with Crippen molar-refractivity contribution in [1.29, 1.82) is 0 Å². The van der Waals surface area contributed by atoms with E-state index < -0.39 is 0 Å². The van der Waals surface area contributed by atoms with Crippen molar-refractivity contribution in [2.45, 2.75) is 19.4 Å². The number of aromatic hydroxyl groups is 1. The summed E-state index contributed by atoms with van der Waals surface area (Å²) in [6, 6.07) is 11.9. The van der Waals surface area contributed by atoms with Crippen molar-refractivity contribution in [1.82, 2.24) is 4.90 Å². The Morgan fingerprint density at radius 2 is 1.78 bits per heavy atom. The average molecular weight is 410 g/mol. The zero-order valence-corrected chi connectivity index (χ0v) is 16.2. The number of hydrogen-bond donors (Lipinski definition) is 1. The minimum Gasteiger partial charge on any atom is -0.508 e. The fourth-order valence-corrected chi connectivity index (χ4v) is 3.23. The Morgan fingerprint density at radius 1 is 1.07 bits per heavy atom. The first-order chi connectivity index (χ1) is 13.0. The highest BCUT2D eigenvalue weighted by Crippen LogP contribution is 2.24.